The van der Waals surface area contributed by atoms with E-state index < -0.39 is 35.3 Å². The number of hydrogen-bond acceptors (Lipinski definition) is 15. The zero-order valence-electron chi connectivity index (χ0n) is 42.4. The quantitative estimate of drug-likeness (QED) is 0.0614. The fraction of sp³-hybridized carbons (Fsp3) is 0.434. The van der Waals surface area contributed by atoms with Gasteiger partial charge in [-0.25, -0.2) is 19.3 Å². The number of carbonyl (C=O) groups is 4. The molecule has 8 rings (SSSR count). The Morgan fingerprint density at radius 3 is 2.34 bits per heavy atom. The van der Waals surface area contributed by atoms with Gasteiger partial charge in [0.25, 0.3) is 0 Å². The van der Waals surface area contributed by atoms with Crippen LogP contribution in [0.4, 0.5) is 10.1 Å². The number of methoxy groups -OCH3 is 1. The molecule has 0 spiro atoms. The van der Waals surface area contributed by atoms with Crippen molar-refractivity contribution >= 4 is 51.7 Å². The van der Waals surface area contributed by atoms with Crippen molar-refractivity contribution in [1.82, 2.24) is 50.9 Å². The Labute approximate surface area is 433 Å². The molecule has 3 aromatic heterocycles. The van der Waals surface area contributed by atoms with Crippen molar-refractivity contribution in [2.45, 2.75) is 65.3 Å². The standard InChI is InChI=1S/C53H64FN11O8S/c1-33-48(74-32-58-33)36-11-9-34(10-12-36)28-57-51(69)41-27-38(66)30-65(41)52(70)49(53(2,3)4)59-43(67)17-23-72-25-26-73-24-18-55-44(68)31-63-19-21-64(22-20-63)37-15-13-35(14-16-37)46-47-40(61-62-46)29-56-50(60-47)45-39(54)7-6-8-42(45)71-5/h6-16,29,32,38,41,49,66H,17-28,30-31H2,1-5H3,(H,55,68)(H,57,69)(H,59,67)(H,61,62)/t38-,41+,49-/m1/s1. The molecule has 5 N–H and O–H groups in total. The van der Waals surface area contributed by atoms with Crippen LogP contribution in [-0.4, -0.2) is 161 Å². The highest BCUT2D eigenvalue weighted by molar-refractivity contribution is 7.13. The number of aromatic amines is 1. The molecule has 0 saturated carbocycles. The predicted octanol–water partition coefficient (Wildman–Crippen LogP) is 4.74. The van der Waals surface area contributed by atoms with Crippen LogP contribution < -0.4 is 25.6 Å². The maximum Gasteiger partial charge on any atom is 0.246 e. The number of β-amino-alcohol motifs (C(OH)–C–C–N with tert-alkyl or cyclic N) is 1. The summed E-state index contributed by atoms with van der Waals surface area (Å²) in [6, 6.07) is 18.6. The Kier molecular flexibility index (Phi) is 17.6. The fourth-order valence-electron chi connectivity index (χ4n) is 9.04. The van der Waals surface area contributed by atoms with Crippen molar-refractivity contribution < 1.29 is 42.9 Å². The van der Waals surface area contributed by atoms with E-state index in [4.69, 9.17) is 14.2 Å². The van der Waals surface area contributed by atoms with Crippen LogP contribution >= 0.6 is 11.3 Å². The number of ether oxygens (including phenoxy) is 3. The molecular formula is C53H64FN11O8S. The van der Waals surface area contributed by atoms with Crippen molar-refractivity contribution in [2.24, 2.45) is 5.41 Å². The molecule has 21 heteroatoms. The van der Waals surface area contributed by atoms with Gasteiger partial charge in [-0.1, -0.05) is 63.2 Å². The number of carbonyl (C=O) groups excluding carboxylic acids is 4. The van der Waals surface area contributed by atoms with E-state index in [2.05, 4.69) is 50.9 Å². The van der Waals surface area contributed by atoms with E-state index in [1.165, 1.54) is 18.1 Å². The molecule has 0 radical (unpaired) electrons. The van der Waals surface area contributed by atoms with Crippen LogP contribution in [0, 0.1) is 18.2 Å². The number of rotatable bonds is 21. The molecule has 392 valence electrons. The minimum absolute atomic E-state index is 0.00228. The van der Waals surface area contributed by atoms with E-state index in [1.807, 2.05) is 81.7 Å². The number of amides is 4. The zero-order chi connectivity index (χ0) is 52.4. The Morgan fingerprint density at radius 1 is 0.905 bits per heavy atom. The van der Waals surface area contributed by atoms with E-state index >= 15 is 0 Å². The molecule has 5 heterocycles. The molecule has 3 atom stereocenters. The highest BCUT2D eigenvalue weighted by atomic mass is 32.1. The van der Waals surface area contributed by atoms with Gasteiger partial charge < -0.3 is 45.1 Å². The first kappa shape index (κ1) is 53.4. The number of halogens is 1. The van der Waals surface area contributed by atoms with E-state index in [1.54, 1.807) is 29.7 Å². The van der Waals surface area contributed by atoms with Crippen molar-refractivity contribution in [2.75, 3.05) is 84.3 Å². The van der Waals surface area contributed by atoms with E-state index in [-0.39, 0.29) is 81.4 Å². The van der Waals surface area contributed by atoms with Gasteiger partial charge in [-0.15, -0.1) is 11.3 Å². The summed E-state index contributed by atoms with van der Waals surface area (Å²) in [4.78, 5) is 73.4. The second-order valence-corrected chi connectivity index (χ2v) is 20.3. The first-order valence-corrected chi connectivity index (χ1v) is 25.6. The number of hydrogen-bond donors (Lipinski definition) is 5. The van der Waals surface area contributed by atoms with Gasteiger partial charge in [0.05, 0.1) is 74.0 Å². The minimum atomic E-state index is -0.948. The molecule has 19 nitrogen and oxygen atoms in total. The number of aromatic nitrogens is 5. The normalized spacial score (nSPS) is 16.6. The number of fused-ring (bicyclic) bond motifs is 1. The predicted molar refractivity (Wildman–Crippen MR) is 279 cm³/mol. The lowest BCUT2D eigenvalue weighted by atomic mass is 9.85. The molecule has 0 bridgehead atoms. The number of piperazine rings is 1. The molecule has 74 heavy (non-hydrogen) atoms. The average molecular weight is 1030 g/mol. The number of thiazole rings is 1. The number of nitrogens with zero attached hydrogens (tertiary/aromatic N) is 7. The zero-order valence-corrected chi connectivity index (χ0v) is 43.2. The molecule has 2 saturated heterocycles. The van der Waals surface area contributed by atoms with E-state index in [0.717, 1.165) is 46.0 Å². The third-order valence-electron chi connectivity index (χ3n) is 13.1. The maximum absolute atomic E-state index is 14.8. The lowest BCUT2D eigenvalue weighted by Crippen LogP contribution is -2.57. The average Bonchev–Trinajstić information content (AvgIpc) is 4.14. The summed E-state index contributed by atoms with van der Waals surface area (Å²) in [6.07, 6.45) is 0.808. The topological polar surface area (TPSA) is 229 Å². The van der Waals surface area contributed by atoms with Crippen LogP contribution in [0.5, 0.6) is 5.75 Å². The highest BCUT2D eigenvalue weighted by Crippen LogP contribution is 2.34. The lowest BCUT2D eigenvalue weighted by molar-refractivity contribution is -0.144. The van der Waals surface area contributed by atoms with Crippen molar-refractivity contribution in [3.05, 3.63) is 95.5 Å². The molecule has 3 aromatic carbocycles. The second-order valence-electron chi connectivity index (χ2n) is 19.4. The molecule has 2 aliphatic heterocycles. The van der Waals surface area contributed by atoms with Gasteiger partial charge in [0.1, 0.15) is 40.4 Å². The smallest absolute Gasteiger partial charge is 0.246 e. The first-order valence-electron chi connectivity index (χ1n) is 24.8. The number of aryl methyl sites for hydroxylation is 1. The molecule has 2 aliphatic rings. The molecular weight excluding hydrogens is 970 g/mol. The Bertz CT molecular complexity index is 2880. The number of aliphatic hydroxyl groups is 1. The molecule has 0 aliphatic carbocycles. The summed E-state index contributed by atoms with van der Waals surface area (Å²) >= 11 is 1.57. The maximum atomic E-state index is 14.8. The van der Waals surface area contributed by atoms with Crippen LogP contribution in [0.3, 0.4) is 0 Å². The minimum Gasteiger partial charge on any atom is -0.496 e. The summed E-state index contributed by atoms with van der Waals surface area (Å²) in [5.74, 6) is -1.22. The Morgan fingerprint density at radius 2 is 1.64 bits per heavy atom. The third kappa shape index (κ3) is 13.2. The highest BCUT2D eigenvalue weighted by Gasteiger charge is 2.44. The monoisotopic (exact) mass is 1030 g/mol. The summed E-state index contributed by atoms with van der Waals surface area (Å²) in [7, 11) is 1.48. The van der Waals surface area contributed by atoms with E-state index in [0.29, 0.717) is 48.7 Å². The van der Waals surface area contributed by atoms with Crippen LogP contribution in [0.25, 0.3) is 44.1 Å². The summed E-state index contributed by atoms with van der Waals surface area (Å²) in [5, 5.41) is 26.7. The number of H-pyrrole nitrogens is 1. The number of aliphatic hydroxyl groups excluding tert-OH is 1. The van der Waals surface area contributed by atoms with Crippen LogP contribution in [0.15, 0.2) is 78.4 Å². The second kappa shape index (κ2) is 24.4. The lowest BCUT2D eigenvalue weighted by Gasteiger charge is -2.35. The van der Waals surface area contributed by atoms with Crippen molar-refractivity contribution in [1.29, 1.82) is 0 Å². The first-order chi connectivity index (χ1) is 35.7. The number of benzene rings is 3. The summed E-state index contributed by atoms with van der Waals surface area (Å²) in [6.45, 7) is 12.1. The van der Waals surface area contributed by atoms with E-state index in [9.17, 15) is 28.7 Å². The molecule has 0 unspecified atom stereocenters. The number of likely N-dealkylation sites (tertiary alicyclic amines) is 1. The molecule has 2 fully saturated rings. The van der Waals surface area contributed by atoms with Gasteiger partial charge in [-0.2, -0.15) is 5.10 Å². The van der Waals surface area contributed by atoms with Gasteiger partial charge in [-0.3, -0.25) is 29.2 Å². The molecule has 4 amide bonds. The SMILES string of the molecule is COc1cccc(F)c1-c1ncc2[nH]nc(-c3ccc(N4CCN(CC(=O)NCCOCCOCCC(=O)N[C@H](C(=O)N5C[C@H](O)C[C@H]5C(=O)NCc5ccc(-c6scnc6C)cc5)C(C)(C)C)CC4)cc3)c2n1. The van der Waals surface area contributed by atoms with Crippen LogP contribution in [0.1, 0.15) is 44.9 Å². The third-order valence-corrected chi connectivity index (χ3v) is 14.1. The van der Waals surface area contributed by atoms with Gasteiger partial charge in [-0.05, 0) is 47.7 Å². The van der Waals surface area contributed by atoms with Crippen LogP contribution in [-0.2, 0) is 35.2 Å². The van der Waals surface area contributed by atoms with Gasteiger partial charge in [0.15, 0.2) is 5.82 Å². The Hall–Kier alpha value is -6.91. The van der Waals surface area contributed by atoms with Gasteiger partial charge in [0, 0.05) is 69.9 Å². The Balaban J connectivity index is 0.692. The molecule has 6 aromatic rings. The number of anilines is 1. The number of nitrogens with one attached hydrogen (secondary N) is 4. The van der Waals surface area contributed by atoms with Gasteiger partial charge >= 0.3 is 0 Å². The summed E-state index contributed by atoms with van der Waals surface area (Å²) < 4.78 is 31.5. The summed E-state index contributed by atoms with van der Waals surface area (Å²) in [5.41, 5.74) is 7.90. The van der Waals surface area contributed by atoms with Crippen LogP contribution in [0.2, 0.25) is 0 Å². The van der Waals surface area contributed by atoms with Gasteiger partial charge in [0.2, 0.25) is 23.6 Å². The van der Waals surface area contributed by atoms with Crippen molar-refractivity contribution in [3.63, 3.8) is 0 Å². The van der Waals surface area contributed by atoms with Crippen molar-refractivity contribution in [3.8, 4) is 38.8 Å². The fourth-order valence-corrected chi connectivity index (χ4v) is 9.85. The largest absolute Gasteiger partial charge is 0.496 e.